The van der Waals surface area contributed by atoms with E-state index in [1.165, 1.54) is 32.1 Å². The van der Waals surface area contributed by atoms with Crippen LogP contribution in [0.4, 0.5) is 0 Å². The third-order valence-corrected chi connectivity index (χ3v) is 6.70. The molecule has 3 rings (SSSR count). The summed E-state index contributed by atoms with van der Waals surface area (Å²) in [5.74, 6) is 0.449. The van der Waals surface area contributed by atoms with Crippen molar-refractivity contribution in [1.29, 1.82) is 0 Å². The number of carbonyl (C=O) groups excluding carboxylic acids is 1. The number of carbonyl (C=O) groups is 1. The summed E-state index contributed by atoms with van der Waals surface area (Å²) in [4.78, 5) is 16.0. The molecule has 0 spiro atoms. The highest BCUT2D eigenvalue weighted by Crippen LogP contribution is 2.33. The van der Waals surface area contributed by atoms with Crippen molar-refractivity contribution in [3.05, 3.63) is 27.2 Å². The van der Waals surface area contributed by atoms with E-state index in [-0.39, 0.29) is 5.91 Å². The van der Waals surface area contributed by atoms with E-state index >= 15 is 0 Å². The molecule has 1 amide bonds. The maximum Gasteiger partial charge on any atom is 0.257 e. The Hall–Kier alpha value is -1.18. The fraction of sp³-hybridized carbons (Fsp3) is 0.579. The van der Waals surface area contributed by atoms with Gasteiger partial charge in [0.1, 0.15) is 17.0 Å². The molecular formula is C19H26BrN3O2S. The first-order valence-corrected chi connectivity index (χ1v) is 10.9. The van der Waals surface area contributed by atoms with Crippen LogP contribution in [0.15, 0.2) is 20.4 Å². The number of aryl methyl sites for hydroxylation is 1. The lowest BCUT2D eigenvalue weighted by molar-refractivity contribution is 0.0949. The molecular weight excluding hydrogens is 414 g/mol. The van der Waals surface area contributed by atoms with Gasteiger partial charge in [0.15, 0.2) is 0 Å². The molecule has 0 atom stereocenters. The van der Waals surface area contributed by atoms with Gasteiger partial charge in [0.05, 0.1) is 8.66 Å². The molecule has 1 saturated carbocycles. The van der Waals surface area contributed by atoms with Crippen molar-refractivity contribution in [3.63, 3.8) is 0 Å². The summed E-state index contributed by atoms with van der Waals surface area (Å²) in [7, 11) is 2.20. The fourth-order valence-corrected chi connectivity index (χ4v) is 4.95. The van der Waals surface area contributed by atoms with Crippen molar-refractivity contribution in [1.82, 2.24) is 15.4 Å². The Morgan fingerprint density at radius 1 is 1.38 bits per heavy atom. The molecule has 26 heavy (non-hydrogen) atoms. The molecule has 142 valence electrons. The van der Waals surface area contributed by atoms with E-state index in [1.807, 2.05) is 12.1 Å². The molecule has 2 aromatic rings. The lowest BCUT2D eigenvalue weighted by Crippen LogP contribution is -2.35. The normalized spacial score (nSPS) is 15.5. The Morgan fingerprint density at radius 3 is 2.85 bits per heavy atom. The summed E-state index contributed by atoms with van der Waals surface area (Å²) in [6.07, 6.45) is 7.63. The van der Waals surface area contributed by atoms with E-state index in [9.17, 15) is 4.79 Å². The van der Waals surface area contributed by atoms with Crippen molar-refractivity contribution in [2.24, 2.45) is 0 Å². The minimum Gasteiger partial charge on any atom is -0.360 e. The minimum absolute atomic E-state index is 0.108. The van der Waals surface area contributed by atoms with Gasteiger partial charge in [-0.05, 0) is 67.8 Å². The zero-order valence-electron chi connectivity index (χ0n) is 15.4. The quantitative estimate of drug-likeness (QED) is 0.625. The molecule has 0 aromatic carbocycles. The van der Waals surface area contributed by atoms with Crippen LogP contribution in [-0.2, 0) is 0 Å². The lowest BCUT2D eigenvalue weighted by Gasteiger charge is -2.31. The molecule has 0 unspecified atom stereocenters. The van der Waals surface area contributed by atoms with E-state index in [2.05, 4.69) is 38.4 Å². The van der Waals surface area contributed by atoms with Crippen LogP contribution in [0, 0.1) is 6.92 Å². The van der Waals surface area contributed by atoms with E-state index in [0.29, 0.717) is 29.6 Å². The first-order valence-electron chi connectivity index (χ1n) is 9.26. The summed E-state index contributed by atoms with van der Waals surface area (Å²) in [6.45, 7) is 3.46. The molecule has 1 aliphatic carbocycles. The standard InChI is InChI=1S/C19H26BrN3O2S/c1-13-17(18(22-25-13)15-9-10-16(20)26-15)19(24)21-11-6-12-23(2)14-7-4-3-5-8-14/h9-10,14H,3-8,11-12H2,1-2H3,(H,21,24). The number of hydrogen-bond donors (Lipinski definition) is 1. The summed E-state index contributed by atoms with van der Waals surface area (Å²) >= 11 is 4.99. The number of nitrogens with zero attached hydrogens (tertiary/aromatic N) is 2. The molecule has 1 fully saturated rings. The topological polar surface area (TPSA) is 58.4 Å². The average Bonchev–Trinajstić information content (AvgIpc) is 3.24. The zero-order valence-corrected chi connectivity index (χ0v) is 17.8. The second-order valence-corrected chi connectivity index (χ2v) is 9.41. The molecule has 0 aliphatic heterocycles. The molecule has 0 bridgehead atoms. The Kier molecular flexibility index (Phi) is 6.89. The monoisotopic (exact) mass is 439 g/mol. The Morgan fingerprint density at radius 2 is 2.15 bits per heavy atom. The van der Waals surface area contributed by atoms with E-state index < -0.39 is 0 Å². The van der Waals surface area contributed by atoms with Crippen molar-refractivity contribution in [3.8, 4) is 10.6 Å². The van der Waals surface area contributed by atoms with Gasteiger partial charge in [0.25, 0.3) is 5.91 Å². The molecule has 1 aliphatic rings. The first-order chi connectivity index (χ1) is 12.6. The lowest BCUT2D eigenvalue weighted by atomic mass is 9.94. The van der Waals surface area contributed by atoms with Gasteiger partial charge >= 0.3 is 0 Å². The van der Waals surface area contributed by atoms with Gasteiger partial charge in [-0.25, -0.2) is 0 Å². The van der Waals surface area contributed by atoms with Crippen LogP contribution in [0.3, 0.4) is 0 Å². The summed E-state index contributed by atoms with van der Waals surface area (Å²) in [6, 6.07) is 4.61. The summed E-state index contributed by atoms with van der Waals surface area (Å²) in [5, 5.41) is 7.11. The molecule has 1 N–H and O–H groups in total. The largest absolute Gasteiger partial charge is 0.360 e. The van der Waals surface area contributed by atoms with Crippen molar-refractivity contribution in [2.45, 2.75) is 51.5 Å². The highest BCUT2D eigenvalue weighted by atomic mass is 79.9. The van der Waals surface area contributed by atoms with Crippen molar-refractivity contribution >= 4 is 33.2 Å². The molecule has 5 nitrogen and oxygen atoms in total. The Labute approximate surface area is 167 Å². The van der Waals surface area contributed by atoms with Crippen LogP contribution in [0.2, 0.25) is 0 Å². The maximum atomic E-state index is 12.6. The van der Waals surface area contributed by atoms with Crippen LogP contribution in [0.25, 0.3) is 10.6 Å². The van der Waals surface area contributed by atoms with Crippen LogP contribution >= 0.6 is 27.3 Å². The number of rotatable bonds is 7. The average molecular weight is 440 g/mol. The maximum absolute atomic E-state index is 12.6. The smallest absolute Gasteiger partial charge is 0.257 e. The van der Waals surface area contributed by atoms with Crippen LogP contribution < -0.4 is 5.32 Å². The first kappa shape index (κ1) is 19.6. The van der Waals surface area contributed by atoms with Gasteiger partial charge in [-0.2, -0.15) is 0 Å². The van der Waals surface area contributed by atoms with Gasteiger partial charge in [0.2, 0.25) is 0 Å². The predicted octanol–water partition coefficient (Wildman–Crippen LogP) is 4.86. The molecule has 2 heterocycles. The SMILES string of the molecule is Cc1onc(-c2ccc(Br)s2)c1C(=O)NCCCN(C)C1CCCCC1. The number of aromatic nitrogens is 1. The number of nitrogens with one attached hydrogen (secondary N) is 1. The molecule has 2 aromatic heterocycles. The third-order valence-electron chi connectivity index (χ3n) is 5.07. The predicted molar refractivity (Wildman–Crippen MR) is 109 cm³/mol. The number of thiophene rings is 1. The zero-order chi connectivity index (χ0) is 18.5. The van der Waals surface area contributed by atoms with Gasteiger partial charge in [-0.15, -0.1) is 11.3 Å². The second-order valence-electron chi connectivity index (χ2n) is 6.95. The van der Waals surface area contributed by atoms with E-state index in [1.54, 1.807) is 18.3 Å². The van der Waals surface area contributed by atoms with E-state index in [0.717, 1.165) is 21.6 Å². The molecule has 7 heteroatoms. The summed E-state index contributed by atoms with van der Waals surface area (Å²) in [5.41, 5.74) is 1.16. The van der Waals surface area contributed by atoms with Gasteiger partial charge in [0, 0.05) is 12.6 Å². The van der Waals surface area contributed by atoms with Crippen molar-refractivity contribution in [2.75, 3.05) is 20.1 Å². The third kappa shape index (κ3) is 4.75. The molecule has 0 radical (unpaired) electrons. The number of amides is 1. The Balaban J connectivity index is 1.52. The highest BCUT2D eigenvalue weighted by molar-refractivity contribution is 9.11. The van der Waals surface area contributed by atoms with Crippen LogP contribution in [-0.4, -0.2) is 42.1 Å². The van der Waals surface area contributed by atoms with E-state index in [4.69, 9.17) is 4.52 Å². The van der Waals surface area contributed by atoms with Gasteiger partial charge in [-0.3, -0.25) is 4.79 Å². The second kappa shape index (κ2) is 9.15. The fourth-order valence-electron chi connectivity index (χ4n) is 3.57. The van der Waals surface area contributed by atoms with Gasteiger partial charge < -0.3 is 14.7 Å². The minimum atomic E-state index is -0.108. The van der Waals surface area contributed by atoms with Crippen LogP contribution in [0.1, 0.15) is 54.6 Å². The van der Waals surface area contributed by atoms with Crippen LogP contribution in [0.5, 0.6) is 0 Å². The Bertz CT molecular complexity index is 737. The van der Waals surface area contributed by atoms with Gasteiger partial charge in [-0.1, -0.05) is 24.4 Å². The van der Waals surface area contributed by atoms with Crippen molar-refractivity contribution < 1.29 is 9.32 Å². The number of hydrogen-bond acceptors (Lipinski definition) is 5. The molecule has 0 saturated heterocycles. The number of halogens is 1. The highest BCUT2D eigenvalue weighted by Gasteiger charge is 2.22. The summed E-state index contributed by atoms with van der Waals surface area (Å²) < 4.78 is 6.28.